The minimum Gasteiger partial charge on any atom is -0.397 e. The van der Waals surface area contributed by atoms with Crippen LogP contribution < -0.4 is 5.19 Å². The third kappa shape index (κ3) is 2.67. The van der Waals surface area contributed by atoms with E-state index in [1.54, 1.807) is 14.2 Å². The Morgan fingerprint density at radius 2 is 1.79 bits per heavy atom. The molecule has 0 aliphatic carbocycles. The van der Waals surface area contributed by atoms with Gasteiger partial charge in [-0.05, 0) is 16.7 Å². The molecule has 0 aliphatic rings. The van der Waals surface area contributed by atoms with Gasteiger partial charge in [0.05, 0.1) is 0 Å². The topological polar surface area (TPSA) is 18.5 Å². The molecule has 0 unspecified atom stereocenters. The Labute approximate surface area is 87.7 Å². The van der Waals surface area contributed by atoms with Gasteiger partial charge < -0.3 is 8.85 Å². The van der Waals surface area contributed by atoms with Gasteiger partial charge in [-0.2, -0.15) is 0 Å². The fourth-order valence-corrected chi connectivity index (χ4v) is 2.77. The third-order valence-electron chi connectivity index (χ3n) is 2.28. The van der Waals surface area contributed by atoms with E-state index in [2.05, 4.69) is 38.1 Å². The second kappa shape index (κ2) is 5.29. The van der Waals surface area contributed by atoms with E-state index in [9.17, 15) is 0 Å². The highest BCUT2D eigenvalue weighted by Gasteiger charge is 2.13. The molecule has 0 saturated heterocycles. The Bertz CT molecular complexity index is 282. The predicted octanol–water partition coefficient (Wildman–Crippen LogP) is 1.53. The molecule has 0 bridgehead atoms. The van der Waals surface area contributed by atoms with Crippen LogP contribution in [0.25, 0.3) is 0 Å². The molecule has 0 radical (unpaired) electrons. The molecular formula is C11H18O2Si. The van der Waals surface area contributed by atoms with Gasteiger partial charge in [0.2, 0.25) is 0 Å². The van der Waals surface area contributed by atoms with E-state index in [0.29, 0.717) is 5.92 Å². The zero-order valence-corrected chi connectivity index (χ0v) is 10.4. The Morgan fingerprint density at radius 1 is 1.14 bits per heavy atom. The van der Waals surface area contributed by atoms with Crippen LogP contribution in [0, 0.1) is 0 Å². The molecule has 0 aliphatic heterocycles. The van der Waals surface area contributed by atoms with Crippen molar-refractivity contribution in [2.45, 2.75) is 19.8 Å². The maximum absolute atomic E-state index is 5.34. The van der Waals surface area contributed by atoms with Crippen molar-refractivity contribution < 1.29 is 8.85 Å². The van der Waals surface area contributed by atoms with Crippen LogP contribution in [0.15, 0.2) is 24.3 Å². The summed E-state index contributed by atoms with van der Waals surface area (Å²) in [6.45, 7) is 4.38. The summed E-state index contributed by atoms with van der Waals surface area (Å²) in [4.78, 5) is 0. The van der Waals surface area contributed by atoms with Crippen molar-refractivity contribution in [2.24, 2.45) is 0 Å². The third-order valence-corrected chi connectivity index (χ3v) is 4.04. The Kier molecular flexibility index (Phi) is 4.32. The second-order valence-corrected chi connectivity index (χ2v) is 5.90. The van der Waals surface area contributed by atoms with E-state index < -0.39 is 9.28 Å². The largest absolute Gasteiger partial charge is 0.397 e. The molecule has 0 heterocycles. The van der Waals surface area contributed by atoms with E-state index in [4.69, 9.17) is 8.85 Å². The van der Waals surface area contributed by atoms with Crippen molar-refractivity contribution in [1.82, 2.24) is 0 Å². The summed E-state index contributed by atoms with van der Waals surface area (Å²) < 4.78 is 10.7. The number of benzene rings is 1. The standard InChI is InChI=1S/C11H18O2Si/c1-9(2)10-6-5-7-11(8-10)14(12-3)13-4/h5-9,14H,1-4H3. The summed E-state index contributed by atoms with van der Waals surface area (Å²) >= 11 is 0. The zero-order chi connectivity index (χ0) is 10.6. The van der Waals surface area contributed by atoms with Crippen LogP contribution in [0.3, 0.4) is 0 Å². The lowest BCUT2D eigenvalue weighted by atomic mass is 10.0. The minimum atomic E-state index is -1.62. The van der Waals surface area contributed by atoms with Crippen molar-refractivity contribution >= 4 is 14.5 Å². The van der Waals surface area contributed by atoms with Crippen molar-refractivity contribution in [3.8, 4) is 0 Å². The van der Waals surface area contributed by atoms with E-state index in [-0.39, 0.29) is 0 Å². The van der Waals surface area contributed by atoms with E-state index in [1.165, 1.54) is 10.8 Å². The Morgan fingerprint density at radius 3 is 2.29 bits per heavy atom. The summed E-state index contributed by atoms with van der Waals surface area (Å²) in [6, 6.07) is 8.48. The lowest BCUT2D eigenvalue weighted by Gasteiger charge is -2.13. The maximum Gasteiger partial charge on any atom is 0.355 e. The molecule has 0 amide bonds. The van der Waals surface area contributed by atoms with Gasteiger partial charge in [-0.1, -0.05) is 38.1 Å². The normalized spacial score (nSPS) is 11.3. The smallest absolute Gasteiger partial charge is 0.355 e. The first-order valence-electron chi connectivity index (χ1n) is 4.84. The van der Waals surface area contributed by atoms with Crippen LogP contribution in [0.1, 0.15) is 25.3 Å². The van der Waals surface area contributed by atoms with Gasteiger partial charge in [0, 0.05) is 14.2 Å². The van der Waals surface area contributed by atoms with Gasteiger partial charge in [0.1, 0.15) is 0 Å². The molecule has 0 saturated carbocycles. The molecule has 0 atom stereocenters. The second-order valence-electron chi connectivity index (χ2n) is 3.63. The first kappa shape index (κ1) is 11.4. The highest BCUT2D eigenvalue weighted by Crippen LogP contribution is 2.11. The van der Waals surface area contributed by atoms with Crippen LogP contribution in [0.4, 0.5) is 0 Å². The molecule has 1 aromatic carbocycles. The molecule has 2 nitrogen and oxygen atoms in total. The van der Waals surface area contributed by atoms with Gasteiger partial charge in [-0.25, -0.2) is 0 Å². The van der Waals surface area contributed by atoms with Gasteiger partial charge in [-0.3, -0.25) is 0 Å². The highest BCUT2D eigenvalue weighted by molar-refractivity contribution is 6.61. The lowest BCUT2D eigenvalue weighted by molar-refractivity contribution is 0.292. The Balaban J connectivity index is 2.92. The van der Waals surface area contributed by atoms with Crippen molar-refractivity contribution in [3.63, 3.8) is 0 Å². The fraction of sp³-hybridized carbons (Fsp3) is 0.455. The molecular weight excluding hydrogens is 192 g/mol. The summed E-state index contributed by atoms with van der Waals surface area (Å²) in [6.07, 6.45) is 0. The number of hydrogen-bond donors (Lipinski definition) is 0. The van der Waals surface area contributed by atoms with Crippen LogP contribution in [-0.2, 0) is 8.85 Å². The Hall–Kier alpha value is -0.643. The van der Waals surface area contributed by atoms with E-state index in [1.807, 2.05) is 0 Å². The van der Waals surface area contributed by atoms with Gasteiger partial charge >= 0.3 is 9.28 Å². The average molecular weight is 210 g/mol. The molecule has 0 fully saturated rings. The summed E-state index contributed by atoms with van der Waals surface area (Å²) in [5.41, 5.74) is 1.34. The predicted molar refractivity (Wildman–Crippen MR) is 61.3 cm³/mol. The SMILES string of the molecule is CO[SiH](OC)c1cccc(C(C)C)c1. The van der Waals surface area contributed by atoms with Crippen LogP contribution in [0.5, 0.6) is 0 Å². The molecule has 1 rings (SSSR count). The summed E-state index contributed by atoms with van der Waals surface area (Å²) in [5, 5.41) is 1.21. The van der Waals surface area contributed by atoms with E-state index >= 15 is 0 Å². The van der Waals surface area contributed by atoms with Crippen molar-refractivity contribution in [3.05, 3.63) is 29.8 Å². The van der Waals surface area contributed by atoms with Crippen molar-refractivity contribution in [2.75, 3.05) is 14.2 Å². The number of rotatable bonds is 4. The molecule has 14 heavy (non-hydrogen) atoms. The molecule has 1 aromatic rings. The van der Waals surface area contributed by atoms with Crippen LogP contribution in [-0.4, -0.2) is 23.5 Å². The lowest BCUT2D eigenvalue weighted by Crippen LogP contribution is -2.34. The number of hydrogen-bond acceptors (Lipinski definition) is 2. The van der Waals surface area contributed by atoms with E-state index in [0.717, 1.165) is 0 Å². The average Bonchev–Trinajstić information content (AvgIpc) is 2.20. The quantitative estimate of drug-likeness (QED) is 0.702. The van der Waals surface area contributed by atoms with Crippen LogP contribution >= 0.6 is 0 Å². The van der Waals surface area contributed by atoms with Crippen LogP contribution in [0.2, 0.25) is 0 Å². The highest BCUT2D eigenvalue weighted by atomic mass is 28.3. The van der Waals surface area contributed by atoms with Gasteiger partial charge in [-0.15, -0.1) is 0 Å². The minimum absolute atomic E-state index is 0.554. The molecule has 0 spiro atoms. The van der Waals surface area contributed by atoms with Crippen molar-refractivity contribution in [1.29, 1.82) is 0 Å². The monoisotopic (exact) mass is 210 g/mol. The summed E-state index contributed by atoms with van der Waals surface area (Å²) in [5.74, 6) is 0.554. The fourth-order valence-electron chi connectivity index (χ4n) is 1.43. The summed E-state index contributed by atoms with van der Waals surface area (Å²) in [7, 11) is 1.80. The van der Waals surface area contributed by atoms with Gasteiger partial charge in [0.25, 0.3) is 0 Å². The zero-order valence-electron chi connectivity index (χ0n) is 9.28. The molecule has 78 valence electrons. The molecule has 3 heteroatoms. The molecule has 0 aromatic heterocycles. The first-order valence-corrected chi connectivity index (χ1v) is 6.36. The van der Waals surface area contributed by atoms with Gasteiger partial charge in [0.15, 0.2) is 0 Å². The first-order chi connectivity index (χ1) is 6.69. The maximum atomic E-state index is 5.34. The molecule has 0 N–H and O–H groups in total.